The molecule has 0 atom stereocenters. The molecule has 43 heavy (non-hydrogen) atoms. The summed E-state index contributed by atoms with van der Waals surface area (Å²) in [7, 11) is 0. The molecular weight excluding hydrogens is 541 g/mol. The van der Waals surface area contributed by atoms with Crippen LogP contribution < -0.4 is 0 Å². The number of thiophene rings is 1. The van der Waals surface area contributed by atoms with Gasteiger partial charge in [-0.3, -0.25) is 0 Å². The van der Waals surface area contributed by atoms with Gasteiger partial charge >= 0.3 is 0 Å². The van der Waals surface area contributed by atoms with Crippen LogP contribution in [0, 0.1) is 0 Å². The molecule has 0 aliphatic heterocycles. The van der Waals surface area contributed by atoms with E-state index in [-0.39, 0.29) is 0 Å². The van der Waals surface area contributed by atoms with Crippen molar-refractivity contribution >= 4 is 85.9 Å². The minimum absolute atomic E-state index is 1.18. The van der Waals surface area contributed by atoms with E-state index in [1.54, 1.807) is 0 Å². The van der Waals surface area contributed by atoms with Gasteiger partial charge in [0.2, 0.25) is 0 Å². The molecule has 0 aliphatic carbocycles. The largest absolute Gasteiger partial charge is 0.309 e. The first-order valence-corrected chi connectivity index (χ1v) is 15.5. The fraction of sp³-hybridized carbons (Fsp3) is 0. The molecule has 0 saturated carbocycles. The van der Waals surface area contributed by atoms with Gasteiger partial charge in [0.05, 0.1) is 22.1 Å². The van der Waals surface area contributed by atoms with Crippen molar-refractivity contribution in [3.05, 3.63) is 146 Å². The van der Waals surface area contributed by atoms with Gasteiger partial charge in [0.1, 0.15) is 0 Å². The summed E-state index contributed by atoms with van der Waals surface area (Å²) in [6, 6.07) is 53.3. The van der Waals surface area contributed by atoms with Crippen LogP contribution in [0.5, 0.6) is 0 Å². The maximum atomic E-state index is 2.46. The molecule has 0 amide bonds. The molecule has 3 heteroatoms. The third kappa shape index (κ3) is 3.12. The van der Waals surface area contributed by atoms with Gasteiger partial charge in [0.15, 0.2) is 0 Å². The average molecular weight is 565 g/mol. The number of para-hydroxylation sites is 3. The van der Waals surface area contributed by atoms with Gasteiger partial charge in [-0.2, -0.15) is 0 Å². The van der Waals surface area contributed by atoms with Gasteiger partial charge in [-0.05, 0) is 66.0 Å². The molecule has 0 saturated heterocycles. The van der Waals surface area contributed by atoms with Gasteiger partial charge in [0.25, 0.3) is 0 Å². The first kappa shape index (κ1) is 23.2. The summed E-state index contributed by atoms with van der Waals surface area (Å²) < 4.78 is 7.54. The number of fused-ring (bicyclic) bond motifs is 12. The maximum Gasteiger partial charge on any atom is 0.0555 e. The Balaban J connectivity index is 1.48. The monoisotopic (exact) mass is 564 g/mol. The Morgan fingerprint density at radius 3 is 1.65 bits per heavy atom. The molecule has 3 heterocycles. The number of hydrogen-bond donors (Lipinski definition) is 0. The molecular formula is C40H24N2S. The summed E-state index contributed by atoms with van der Waals surface area (Å²) in [5.41, 5.74) is 7.30. The highest BCUT2D eigenvalue weighted by Crippen LogP contribution is 2.46. The fourth-order valence-electron chi connectivity index (χ4n) is 7.31. The fourth-order valence-corrected chi connectivity index (χ4v) is 8.43. The van der Waals surface area contributed by atoms with Crippen LogP contribution in [0.2, 0.25) is 0 Å². The number of aromatic nitrogens is 2. The standard InChI is InChI=1S/C40H24N2S/c1-3-11-26(12-4-1)41-32-17-9-7-16-29(32)39-33(41)21-19-25-20-22-34-40(38(25)39)31-23-30-28-15-8-10-18-36(28)43-37(30)24-35(31)42(34)27-13-5-2-6-14-27/h1-24H. The highest BCUT2D eigenvalue weighted by molar-refractivity contribution is 7.25. The summed E-state index contributed by atoms with van der Waals surface area (Å²) >= 11 is 1.88. The Morgan fingerprint density at radius 1 is 0.349 bits per heavy atom. The Bertz CT molecular complexity index is 2710. The van der Waals surface area contributed by atoms with E-state index >= 15 is 0 Å². The molecule has 200 valence electrons. The summed E-state index contributed by atoms with van der Waals surface area (Å²) in [4.78, 5) is 0. The predicted molar refractivity (Wildman–Crippen MR) is 186 cm³/mol. The van der Waals surface area contributed by atoms with Crippen molar-refractivity contribution in [1.29, 1.82) is 0 Å². The molecule has 0 N–H and O–H groups in total. The second kappa shape index (κ2) is 8.57. The molecule has 0 spiro atoms. The summed E-state index contributed by atoms with van der Waals surface area (Å²) in [5.74, 6) is 0. The lowest BCUT2D eigenvalue weighted by Gasteiger charge is -2.10. The van der Waals surface area contributed by atoms with Crippen LogP contribution >= 0.6 is 11.3 Å². The van der Waals surface area contributed by atoms with Crippen LogP contribution in [-0.4, -0.2) is 9.13 Å². The summed E-state index contributed by atoms with van der Waals surface area (Å²) in [6.07, 6.45) is 0. The molecule has 3 aromatic heterocycles. The maximum absolute atomic E-state index is 2.46. The molecule has 0 aliphatic rings. The second-order valence-corrected chi connectivity index (χ2v) is 12.4. The van der Waals surface area contributed by atoms with E-state index < -0.39 is 0 Å². The SMILES string of the molecule is c1ccc(-n2c3ccccc3c3c4c(ccc32)ccc2c4c3cc4c(cc3n2-c2ccccc2)sc2ccccc24)cc1. The van der Waals surface area contributed by atoms with Crippen molar-refractivity contribution in [3.63, 3.8) is 0 Å². The van der Waals surface area contributed by atoms with Crippen molar-refractivity contribution in [1.82, 2.24) is 9.13 Å². The van der Waals surface area contributed by atoms with Gasteiger partial charge in [-0.1, -0.05) is 84.9 Å². The average Bonchev–Trinajstić information content (AvgIpc) is 3.71. The summed E-state index contributed by atoms with van der Waals surface area (Å²) in [6.45, 7) is 0. The van der Waals surface area contributed by atoms with Gasteiger partial charge in [-0.25, -0.2) is 0 Å². The Labute approximate surface area is 251 Å². The number of hydrogen-bond acceptors (Lipinski definition) is 1. The van der Waals surface area contributed by atoms with Crippen LogP contribution in [0.1, 0.15) is 0 Å². The molecule has 7 aromatic carbocycles. The molecule has 0 fully saturated rings. The van der Waals surface area contributed by atoms with Crippen molar-refractivity contribution in [2.24, 2.45) is 0 Å². The van der Waals surface area contributed by atoms with Gasteiger partial charge in [-0.15, -0.1) is 11.3 Å². The van der Waals surface area contributed by atoms with Crippen LogP contribution in [0.25, 0.3) is 85.9 Å². The number of benzene rings is 7. The lowest BCUT2D eigenvalue weighted by atomic mass is 9.98. The molecule has 10 rings (SSSR count). The molecule has 10 aromatic rings. The van der Waals surface area contributed by atoms with Gasteiger partial charge in [0, 0.05) is 58.5 Å². The van der Waals surface area contributed by atoms with Crippen LogP contribution in [0.15, 0.2) is 146 Å². The molecule has 0 radical (unpaired) electrons. The first-order chi connectivity index (χ1) is 21.3. The number of nitrogens with zero attached hydrogens (tertiary/aromatic N) is 2. The minimum Gasteiger partial charge on any atom is -0.309 e. The van der Waals surface area contributed by atoms with E-state index in [1.807, 2.05) is 11.3 Å². The molecule has 2 nitrogen and oxygen atoms in total. The lowest BCUT2D eigenvalue weighted by Crippen LogP contribution is -1.93. The second-order valence-electron chi connectivity index (χ2n) is 11.3. The lowest BCUT2D eigenvalue weighted by molar-refractivity contribution is 1.18. The van der Waals surface area contributed by atoms with E-state index in [0.717, 1.165) is 0 Å². The Morgan fingerprint density at radius 2 is 0.930 bits per heavy atom. The van der Waals surface area contributed by atoms with Crippen molar-refractivity contribution in [3.8, 4) is 11.4 Å². The Kier molecular flexibility index (Phi) is 4.63. The van der Waals surface area contributed by atoms with Crippen molar-refractivity contribution in [2.45, 2.75) is 0 Å². The first-order valence-electron chi connectivity index (χ1n) is 14.7. The van der Waals surface area contributed by atoms with E-state index in [1.165, 1.54) is 85.9 Å². The van der Waals surface area contributed by atoms with Crippen LogP contribution in [-0.2, 0) is 0 Å². The smallest absolute Gasteiger partial charge is 0.0555 e. The zero-order valence-corrected chi connectivity index (χ0v) is 24.0. The molecule has 0 bridgehead atoms. The molecule has 0 unspecified atom stereocenters. The zero-order valence-electron chi connectivity index (χ0n) is 23.2. The third-order valence-corrected chi connectivity index (χ3v) is 10.2. The van der Waals surface area contributed by atoms with Crippen LogP contribution in [0.4, 0.5) is 0 Å². The van der Waals surface area contributed by atoms with E-state index in [9.17, 15) is 0 Å². The van der Waals surface area contributed by atoms with Crippen LogP contribution in [0.3, 0.4) is 0 Å². The normalized spacial score (nSPS) is 12.2. The predicted octanol–water partition coefficient (Wildman–Crippen LogP) is 11.4. The van der Waals surface area contributed by atoms with Gasteiger partial charge < -0.3 is 9.13 Å². The highest BCUT2D eigenvalue weighted by Gasteiger charge is 2.21. The van der Waals surface area contributed by atoms with Crippen molar-refractivity contribution < 1.29 is 0 Å². The summed E-state index contributed by atoms with van der Waals surface area (Å²) in [5, 5.41) is 10.4. The van der Waals surface area contributed by atoms with E-state index in [2.05, 4.69) is 155 Å². The quantitative estimate of drug-likeness (QED) is 0.198. The van der Waals surface area contributed by atoms with E-state index in [4.69, 9.17) is 0 Å². The zero-order chi connectivity index (χ0) is 28.1. The number of rotatable bonds is 2. The van der Waals surface area contributed by atoms with Crippen molar-refractivity contribution in [2.75, 3.05) is 0 Å². The Hall–Kier alpha value is -5.38. The minimum atomic E-state index is 1.18. The topological polar surface area (TPSA) is 9.86 Å². The van der Waals surface area contributed by atoms with E-state index in [0.29, 0.717) is 0 Å². The third-order valence-electron chi connectivity index (χ3n) is 9.07. The highest BCUT2D eigenvalue weighted by atomic mass is 32.1.